The summed E-state index contributed by atoms with van der Waals surface area (Å²) in [5.41, 5.74) is 4.59. The Hall–Kier alpha value is -1.17. The molecule has 0 aromatic heterocycles. The summed E-state index contributed by atoms with van der Waals surface area (Å²) in [5.74, 6) is -1.62. The molecule has 0 saturated carbocycles. The molecule has 1 aromatic rings. The zero-order chi connectivity index (χ0) is 10.0. The average molecular weight is 251 g/mol. The van der Waals surface area contributed by atoms with Gasteiger partial charge in [0, 0.05) is 6.07 Å². The monoisotopic (exact) mass is 250 g/mol. The molecule has 0 heterocycles. The van der Waals surface area contributed by atoms with Crippen molar-refractivity contribution in [3.05, 3.63) is 28.2 Å². The van der Waals surface area contributed by atoms with E-state index in [1.807, 2.05) is 5.32 Å². The first-order valence-corrected chi connectivity index (χ1v) is 4.01. The van der Waals surface area contributed by atoms with Crippen LogP contribution in [0.25, 0.3) is 0 Å². The first-order valence-electron chi connectivity index (χ1n) is 3.21. The Bertz CT molecular complexity index is 357. The van der Waals surface area contributed by atoms with Crippen molar-refractivity contribution in [3.8, 4) is 0 Å². The second kappa shape index (κ2) is 3.69. The third-order valence-electron chi connectivity index (χ3n) is 1.27. The molecule has 1 rings (SSSR count). The van der Waals surface area contributed by atoms with E-state index in [9.17, 15) is 13.6 Å². The zero-order valence-electron chi connectivity index (χ0n) is 6.27. The van der Waals surface area contributed by atoms with Crippen molar-refractivity contribution in [2.45, 2.75) is 0 Å². The molecule has 13 heavy (non-hydrogen) atoms. The number of anilines is 1. The summed E-state index contributed by atoms with van der Waals surface area (Å²) < 4.78 is 25.6. The molecule has 0 spiro atoms. The maximum Gasteiger partial charge on any atom is 0.316 e. The number of nitrogens with one attached hydrogen (secondary N) is 1. The number of nitrogens with two attached hydrogens (primary N) is 1. The third-order valence-corrected chi connectivity index (χ3v) is 1.88. The molecule has 0 radical (unpaired) electrons. The summed E-state index contributed by atoms with van der Waals surface area (Å²) in [5, 5.41) is 2.01. The van der Waals surface area contributed by atoms with Crippen LogP contribution in [0.2, 0.25) is 0 Å². The van der Waals surface area contributed by atoms with Crippen LogP contribution in [0, 0.1) is 11.6 Å². The van der Waals surface area contributed by atoms with E-state index in [-0.39, 0.29) is 10.2 Å². The highest BCUT2D eigenvalue weighted by Gasteiger charge is 2.08. The molecule has 1 aromatic carbocycles. The first-order chi connectivity index (χ1) is 6.00. The van der Waals surface area contributed by atoms with Gasteiger partial charge in [0.15, 0.2) is 0 Å². The van der Waals surface area contributed by atoms with Gasteiger partial charge in [-0.05, 0) is 22.0 Å². The Balaban J connectivity index is 3.08. The Morgan fingerprint density at radius 3 is 2.54 bits per heavy atom. The number of urea groups is 1. The lowest BCUT2D eigenvalue weighted by Gasteiger charge is -2.04. The molecule has 0 bridgehead atoms. The molecule has 2 amide bonds. The van der Waals surface area contributed by atoms with Crippen molar-refractivity contribution in [3.63, 3.8) is 0 Å². The quantitative estimate of drug-likeness (QED) is 0.738. The van der Waals surface area contributed by atoms with Gasteiger partial charge in [0.25, 0.3) is 0 Å². The van der Waals surface area contributed by atoms with Crippen LogP contribution in [0.3, 0.4) is 0 Å². The van der Waals surface area contributed by atoms with E-state index in [4.69, 9.17) is 5.73 Å². The van der Waals surface area contributed by atoms with Crippen LogP contribution in [0.1, 0.15) is 0 Å². The molecule has 0 aliphatic carbocycles. The predicted octanol–water partition coefficient (Wildman–Crippen LogP) is 2.22. The fraction of sp³-hybridized carbons (Fsp3) is 0. The number of carbonyl (C=O) groups is 1. The number of benzene rings is 1. The van der Waals surface area contributed by atoms with Gasteiger partial charge in [-0.15, -0.1) is 0 Å². The van der Waals surface area contributed by atoms with Crippen LogP contribution in [-0.4, -0.2) is 6.03 Å². The van der Waals surface area contributed by atoms with E-state index in [1.54, 1.807) is 0 Å². The number of rotatable bonds is 1. The van der Waals surface area contributed by atoms with Gasteiger partial charge in [0.1, 0.15) is 11.6 Å². The van der Waals surface area contributed by atoms with Crippen LogP contribution in [-0.2, 0) is 0 Å². The Morgan fingerprint density at radius 1 is 1.38 bits per heavy atom. The van der Waals surface area contributed by atoms with Crippen LogP contribution < -0.4 is 11.1 Å². The van der Waals surface area contributed by atoms with E-state index in [1.165, 1.54) is 0 Å². The highest BCUT2D eigenvalue weighted by molar-refractivity contribution is 9.10. The minimum atomic E-state index is -0.905. The van der Waals surface area contributed by atoms with E-state index in [2.05, 4.69) is 15.9 Å². The van der Waals surface area contributed by atoms with Gasteiger partial charge >= 0.3 is 6.03 Å². The van der Waals surface area contributed by atoms with Gasteiger partial charge in [-0.25, -0.2) is 13.6 Å². The molecule has 0 saturated heterocycles. The Kier molecular flexibility index (Phi) is 2.82. The number of primary amides is 1. The summed E-state index contributed by atoms with van der Waals surface area (Å²) in [6.45, 7) is 0. The van der Waals surface area contributed by atoms with Crippen molar-refractivity contribution in [2.75, 3.05) is 5.32 Å². The highest BCUT2D eigenvalue weighted by atomic mass is 79.9. The molecular formula is C7H5BrF2N2O. The number of hydrogen-bond acceptors (Lipinski definition) is 1. The minimum absolute atomic E-state index is 0.0534. The molecule has 3 nitrogen and oxygen atoms in total. The summed E-state index contributed by atoms with van der Waals surface area (Å²) in [7, 11) is 0. The normalized spacial score (nSPS) is 9.77. The van der Waals surface area contributed by atoms with Crippen LogP contribution >= 0.6 is 15.9 Å². The van der Waals surface area contributed by atoms with Crippen molar-refractivity contribution in [2.24, 2.45) is 5.73 Å². The average Bonchev–Trinajstić information content (AvgIpc) is 1.99. The van der Waals surface area contributed by atoms with Gasteiger partial charge in [0.05, 0.1) is 10.2 Å². The fourth-order valence-corrected chi connectivity index (χ4v) is 1.09. The molecule has 0 fully saturated rings. The van der Waals surface area contributed by atoms with Crippen molar-refractivity contribution < 1.29 is 13.6 Å². The third kappa shape index (κ3) is 2.38. The van der Waals surface area contributed by atoms with E-state index >= 15 is 0 Å². The van der Waals surface area contributed by atoms with Crippen molar-refractivity contribution in [1.29, 1.82) is 0 Å². The number of amides is 2. The largest absolute Gasteiger partial charge is 0.351 e. The van der Waals surface area contributed by atoms with Gasteiger partial charge in [-0.3, -0.25) is 0 Å². The molecule has 70 valence electrons. The summed E-state index contributed by atoms with van der Waals surface area (Å²) in [4.78, 5) is 10.4. The molecule has 0 atom stereocenters. The van der Waals surface area contributed by atoms with Gasteiger partial charge in [-0.1, -0.05) is 0 Å². The molecular weight excluding hydrogens is 246 g/mol. The zero-order valence-corrected chi connectivity index (χ0v) is 7.86. The van der Waals surface area contributed by atoms with E-state index in [0.717, 1.165) is 6.07 Å². The number of halogens is 3. The van der Waals surface area contributed by atoms with Crippen LogP contribution in [0.4, 0.5) is 19.3 Å². The van der Waals surface area contributed by atoms with Crippen LogP contribution in [0.5, 0.6) is 0 Å². The minimum Gasteiger partial charge on any atom is -0.351 e. The van der Waals surface area contributed by atoms with Gasteiger partial charge in [-0.2, -0.15) is 0 Å². The lowest BCUT2D eigenvalue weighted by Crippen LogP contribution is -2.20. The fourth-order valence-electron chi connectivity index (χ4n) is 0.751. The Morgan fingerprint density at radius 2 is 2.00 bits per heavy atom. The standard InChI is InChI=1S/C7H5BrF2N2O/c8-3-1-6(12-7(11)13)5(10)2-4(3)9/h1-2H,(H3,11,12,13). The molecule has 0 aliphatic heterocycles. The highest BCUT2D eigenvalue weighted by Crippen LogP contribution is 2.23. The van der Waals surface area contributed by atoms with Crippen molar-refractivity contribution in [1.82, 2.24) is 0 Å². The Labute approximate surface area is 81.0 Å². The molecule has 0 unspecified atom stereocenters. The topological polar surface area (TPSA) is 55.1 Å². The summed E-state index contributed by atoms with van der Waals surface area (Å²) in [6, 6.07) is 0.836. The maximum absolute atomic E-state index is 12.9. The molecule has 6 heteroatoms. The summed E-state index contributed by atoms with van der Waals surface area (Å²) >= 11 is 2.84. The molecule has 3 N–H and O–H groups in total. The van der Waals surface area contributed by atoms with Gasteiger partial charge in [0.2, 0.25) is 0 Å². The van der Waals surface area contributed by atoms with Crippen molar-refractivity contribution >= 4 is 27.6 Å². The smallest absolute Gasteiger partial charge is 0.316 e. The lowest BCUT2D eigenvalue weighted by molar-refractivity contribution is 0.259. The maximum atomic E-state index is 12.9. The SMILES string of the molecule is NC(=O)Nc1cc(Br)c(F)cc1F. The second-order valence-electron chi connectivity index (χ2n) is 2.24. The van der Waals surface area contributed by atoms with Gasteiger partial charge < -0.3 is 11.1 Å². The van der Waals surface area contributed by atoms with E-state index in [0.29, 0.717) is 6.07 Å². The number of carbonyl (C=O) groups excluding carboxylic acids is 1. The number of hydrogen-bond donors (Lipinski definition) is 2. The lowest BCUT2D eigenvalue weighted by atomic mass is 10.3. The van der Waals surface area contributed by atoms with E-state index < -0.39 is 17.7 Å². The first kappa shape index (κ1) is 9.91. The van der Waals surface area contributed by atoms with Crippen LogP contribution in [0.15, 0.2) is 16.6 Å². The second-order valence-corrected chi connectivity index (χ2v) is 3.09. The summed E-state index contributed by atoms with van der Waals surface area (Å²) in [6.07, 6.45) is 0. The predicted molar refractivity (Wildman–Crippen MR) is 47.3 cm³/mol. The molecule has 0 aliphatic rings.